The van der Waals surface area contributed by atoms with E-state index in [0.29, 0.717) is 12.5 Å². The van der Waals surface area contributed by atoms with Crippen LogP contribution in [0.15, 0.2) is 0 Å². The summed E-state index contributed by atoms with van der Waals surface area (Å²) in [4.78, 5) is 12.2. The number of amides is 1. The molecule has 2 rings (SSSR count). The number of nitrogens with two attached hydrogens (primary N) is 1. The third-order valence-electron chi connectivity index (χ3n) is 3.88. The number of carbonyl (C=O) groups excluding carboxylic acids is 1. The normalized spacial score (nSPS) is 32.1. The van der Waals surface area contributed by atoms with Crippen LogP contribution in [0.2, 0.25) is 0 Å². The van der Waals surface area contributed by atoms with Crippen molar-refractivity contribution in [3.05, 3.63) is 0 Å². The molecule has 1 saturated carbocycles. The van der Waals surface area contributed by atoms with Crippen LogP contribution < -0.4 is 16.4 Å². The second-order valence-electron chi connectivity index (χ2n) is 5.37. The summed E-state index contributed by atoms with van der Waals surface area (Å²) in [5.74, 6) is 0.760. The van der Waals surface area contributed by atoms with Crippen molar-refractivity contribution in [2.75, 3.05) is 13.1 Å². The molecule has 0 spiro atoms. The molecular formula is C12H23N3O. The molecule has 1 saturated heterocycles. The maximum atomic E-state index is 12.2. The van der Waals surface area contributed by atoms with Crippen LogP contribution in [0.25, 0.3) is 0 Å². The molecule has 0 aromatic heterocycles. The molecule has 0 aromatic carbocycles. The van der Waals surface area contributed by atoms with E-state index < -0.39 is 0 Å². The van der Waals surface area contributed by atoms with Gasteiger partial charge in [0.15, 0.2) is 0 Å². The van der Waals surface area contributed by atoms with Gasteiger partial charge in [0.25, 0.3) is 0 Å². The van der Waals surface area contributed by atoms with Gasteiger partial charge in [-0.3, -0.25) is 4.79 Å². The largest absolute Gasteiger partial charge is 0.350 e. The fourth-order valence-electron chi connectivity index (χ4n) is 2.45. The lowest BCUT2D eigenvalue weighted by Gasteiger charge is -2.34. The van der Waals surface area contributed by atoms with Crippen molar-refractivity contribution < 1.29 is 4.79 Å². The summed E-state index contributed by atoms with van der Waals surface area (Å²) in [7, 11) is 0. The maximum Gasteiger partial charge on any atom is 0.240 e. The number of carbonyl (C=O) groups is 1. The first kappa shape index (κ1) is 11.9. The summed E-state index contributed by atoms with van der Waals surface area (Å²) in [5, 5.41) is 6.44. The van der Waals surface area contributed by atoms with Crippen molar-refractivity contribution in [2.45, 2.75) is 50.6 Å². The van der Waals surface area contributed by atoms with Crippen LogP contribution in [-0.4, -0.2) is 30.6 Å². The first-order chi connectivity index (χ1) is 7.65. The highest BCUT2D eigenvalue weighted by Crippen LogP contribution is 2.32. The number of rotatable bonds is 4. The van der Waals surface area contributed by atoms with Gasteiger partial charge >= 0.3 is 0 Å². The second-order valence-corrected chi connectivity index (χ2v) is 5.37. The molecule has 4 nitrogen and oxygen atoms in total. The Balaban J connectivity index is 1.89. The lowest BCUT2D eigenvalue weighted by molar-refractivity contribution is -0.128. The van der Waals surface area contributed by atoms with E-state index in [9.17, 15) is 4.79 Å². The molecule has 1 aliphatic heterocycles. The maximum absolute atomic E-state index is 12.2. The van der Waals surface area contributed by atoms with E-state index in [1.807, 2.05) is 6.92 Å². The summed E-state index contributed by atoms with van der Waals surface area (Å²) in [6.45, 7) is 3.51. The SMILES string of the molecule is CC1(C(=O)NC(CN)C2CC2)CCCCN1. The van der Waals surface area contributed by atoms with Gasteiger partial charge in [0.05, 0.1) is 5.54 Å². The molecule has 2 aliphatic rings. The van der Waals surface area contributed by atoms with Gasteiger partial charge in [-0.2, -0.15) is 0 Å². The number of nitrogens with one attached hydrogen (secondary N) is 2. The van der Waals surface area contributed by atoms with E-state index in [1.54, 1.807) is 0 Å². The fraction of sp³-hybridized carbons (Fsp3) is 0.917. The van der Waals surface area contributed by atoms with Gasteiger partial charge < -0.3 is 16.4 Å². The average molecular weight is 225 g/mol. The Bertz CT molecular complexity index is 257. The zero-order valence-corrected chi connectivity index (χ0v) is 10.1. The van der Waals surface area contributed by atoms with Crippen LogP contribution >= 0.6 is 0 Å². The van der Waals surface area contributed by atoms with Crippen LogP contribution in [0.5, 0.6) is 0 Å². The summed E-state index contributed by atoms with van der Waals surface area (Å²) >= 11 is 0. The van der Waals surface area contributed by atoms with Gasteiger partial charge in [-0.15, -0.1) is 0 Å². The van der Waals surface area contributed by atoms with Crippen molar-refractivity contribution in [1.82, 2.24) is 10.6 Å². The van der Waals surface area contributed by atoms with E-state index in [1.165, 1.54) is 19.3 Å². The van der Waals surface area contributed by atoms with Crippen molar-refractivity contribution >= 4 is 5.91 Å². The summed E-state index contributed by atoms with van der Waals surface area (Å²) in [5.41, 5.74) is 5.33. The van der Waals surface area contributed by atoms with Gasteiger partial charge in [-0.1, -0.05) is 0 Å². The third kappa shape index (κ3) is 2.55. The Kier molecular flexibility index (Phi) is 3.50. The average Bonchev–Trinajstić information content (AvgIpc) is 3.10. The molecule has 0 bridgehead atoms. The first-order valence-electron chi connectivity index (χ1n) is 6.42. The highest BCUT2D eigenvalue weighted by atomic mass is 16.2. The Hall–Kier alpha value is -0.610. The Morgan fingerprint density at radius 1 is 1.56 bits per heavy atom. The van der Waals surface area contributed by atoms with E-state index in [2.05, 4.69) is 10.6 Å². The summed E-state index contributed by atoms with van der Waals surface area (Å²) in [6.07, 6.45) is 5.67. The molecule has 4 heteroatoms. The van der Waals surface area contributed by atoms with E-state index in [-0.39, 0.29) is 17.5 Å². The molecular weight excluding hydrogens is 202 g/mol. The lowest BCUT2D eigenvalue weighted by atomic mass is 9.89. The van der Waals surface area contributed by atoms with Gasteiger partial charge in [-0.05, 0) is 51.5 Å². The Morgan fingerprint density at radius 2 is 2.31 bits per heavy atom. The minimum atomic E-state index is -0.374. The molecule has 0 aromatic rings. The predicted molar refractivity (Wildman–Crippen MR) is 64.0 cm³/mol. The third-order valence-corrected chi connectivity index (χ3v) is 3.88. The zero-order chi connectivity index (χ0) is 11.6. The molecule has 0 radical (unpaired) electrons. The van der Waals surface area contributed by atoms with Gasteiger partial charge in [0.1, 0.15) is 0 Å². The van der Waals surface area contributed by atoms with E-state index in [0.717, 1.165) is 19.4 Å². The van der Waals surface area contributed by atoms with Crippen LogP contribution in [0.1, 0.15) is 39.0 Å². The lowest BCUT2D eigenvalue weighted by Crippen LogP contribution is -2.59. The fourth-order valence-corrected chi connectivity index (χ4v) is 2.45. The Labute approximate surface area is 97.3 Å². The molecule has 1 heterocycles. The molecule has 2 fully saturated rings. The van der Waals surface area contributed by atoms with Gasteiger partial charge in [0, 0.05) is 12.6 Å². The molecule has 2 unspecified atom stereocenters. The molecule has 16 heavy (non-hydrogen) atoms. The van der Waals surface area contributed by atoms with E-state index in [4.69, 9.17) is 5.73 Å². The van der Waals surface area contributed by atoms with Gasteiger partial charge in [0.2, 0.25) is 5.91 Å². The quantitative estimate of drug-likeness (QED) is 0.647. The Morgan fingerprint density at radius 3 is 2.81 bits per heavy atom. The van der Waals surface area contributed by atoms with Crippen LogP contribution in [0, 0.1) is 5.92 Å². The standard InChI is InChI=1S/C12H23N3O/c1-12(6-2-3-7-14-12)11(16)15-10(8-13)9-4-5-9/h9-10,14H,2-8,13H2,1H3,(H,15,16). The van der Waals surface area contributed by atoms with Crippen LogP contribution in [0.4, 0.5) is 0 Å². The van der Waals surface area contributed by atoms with Crippen molar-refractivity contribution in [3.8, 4) is 0 Å². The van der Waals surface area contributed by atoms with Crippen molar-refractivity contribution in [3.63, 3.8) is 0 Å². The van der Waals surface area contributed by atoms with Crippen molar-refractivity contribution in [1.29, 1.82) is 0 Å². The van der Waals surface area contributed by atoms with Gasteiger partial charge in [-0.25, -0.2) is 0 Å². The minimum absolute atomic E-state index is 0.134. The molecule has 92 valence electrons. The number of hydrogen-bond donors (Lipinski definition) is 3. The minimum Gasteiger partial charge on any atom is -0.350 e. The number of piperidine rings is 1. The van der Waals surface area contributed by atoms with Crippen LogP contribution in [-0.2, 0) is 4.79 Å². The zero-order valence-electron chi connectivity index (χ0n) is 10.1. The first-order valence-corrected chi connectivity index (χ1v) is 6.42. The van der Waals surface area contributed by atoms with Crippen molar-refractivity contribution in [2.24, 2.45) is 11.7 Å². The number of hydrogen-bond acceptors (Lipinski definition) is 3. The monoisotopic (exact) mass is 225 g/mol. The van der Waals surface area contributed by atoms with Crippen LogP contribution in [0.3, 0.4) is 0 Å². The molecule has 4 N–H and O–H groups in total. The molecule has 1 aliphatic carbocycles. The second kappa shape index (κ2) is 4.72. The highest BCUT2D eigenvalue weighted by molar-refractivity contribution is 5.86. The van der Waals surface area contributed by atoms with E-state index >= 15 is 0 Å². The topological polar surface area (TPSA) is 67.2 Å². The smallest absolute Gasteiger partial charge is 0.240 e. The molecule has 1 amide bonds. The summed E-state index contributed by atoms with van der Waals surface area (Å²) < 4.78 is 0. The summed E-state index contributed by atoms with van der Waals surface area (Å²) in [6, 6.07) is 0.188. The predicted octanol–water partition coefficient (Wildman–Crippen LogP) is 0.372. The molecule has 2 atom stereocenters. The highest BCUT2D eigenvalue weighted by Gasteiger charge is 2.38.